The van der Waals surface area contributed by atoms with Gasteiger partial charge < -0.3 is 0 Å². The Morgan fingerprint density at radius 3 is 2.60 bits per heavy atom. The van der Waals surface area contributed by atoms with Crippen molar-refractivity contribution in [2.75, 3.05) is 5.75 Å². The Kier molecular flexibility index (Phi) is 4.55. The van der Waals surface area contributed by atoms with Gasteiger partial charge in [-0.1, -0.05) is 35.5 Å². The van der Waals surface area contributed by atoms with Crippen molar-refractivity contribution in [2.24, 2.45) is 0 Å². The van der Waals surface area contributed by atoms with Gasteiger partial charge in [-0.2, -0.15) is 13.2 Å². The zero-order valence-corrected chi connectivity index (χ0v) is 14.3. The lowest BCUT2D eigenvalue weighted by atomic mass is 10.0. The monoisotopic (exact) mass is 365 g/mol. The minimum Gasteiger partial charge on any atom is -0.293 e. The molecule has 0 aliphatic heterocycles. The van der Waals surface area contributed by atoms with E-state index in [0.29, 0.717) is 11.2 Å². The van der Waals surface area contributed by atoms with Crippen molar-refractivity contribution < 1.29 is 18.0 Å². The van der Waals surface area contributed by atoms with Gasteiger partial charge in [0, 0.05) is 11.8 Å². The fourth-order valence-electron chi connectivity index (χ4n) is 2.47. The molecule has 0 saturated heterocycles. The van der Waals surface area contributed by atoms with E-state index in [-0.39, 0.29) is 16.7 Å². The highest BCUT2D eigenvalue weighted by molar-refractivity contribution is 7.99. The average molecular weight is 365 g/mol. The number of pyridine rings is 1. The summed E-state index contributed by atoms with van der Waals surface area (Å²) in [4.78, 5) is 12.4. The number of hydrogen-bond donors (Lipinski definition) is 0. The number of carbonyl (C=O) groups excluding carboxylic acids is 1. The van der Waals surface area contributed by atoms with Gasteiger partial charge in [0.25, 0.3) is 0 Å². The molecule has 0 amide bonds. The van der Waals surface area contributed by atoms with E-state index >= 15 is 0 Å². The molecule has 0 aliphatic carbocycles. The van der Waals surface area contributed by atoms with Crippen LogP contribution in [0.2, 0.25) is 0 Å². The van der Waals surface area contributed by atoms with Crippen LogP contribution in [0, 0.1) is 13.8 Å². The molecule has 1 aromatic carbocycles. The number of fused-ring (bicyclic) bond motifs is 1. The maximum Gasteiger partial charge on any atom is 0.417 e. The van der Waals surface area contributed by atoms with E-state index in [2.05, 4.69) is 10.2 Å². The Hall–Kier alpha value is -2.35. The summed E-state index contributed by atoms with van der Waals surface area (Å²) >= 11 is 1.06. The molecule has 0 atom stereocenters. The van der Waals surface area contributed by atoms with Gasteiger partial charge in [-0.05, 0) is 31.5 Å². The Morgan fingerprint density at radius 1 is 1.16 bits per heavy atom. The quantitative estimate of drug-likeness (QED) is 0.510. The molecular weight excluding hydrogens is 351 g/mol. The smallest absolute Gasteiger partial charge is 0.293 e. The molecule has 130 valence electrons. The van der Waals surface area contributed by atoms with Gasteiger partial charge in [0.1, 0.15) is 0 Å². The van der Waals surface area contributed by atoms with Crippen molar-refractivity contribution in [1.29, 1.82) is 0 Å². The first-order valence-corrected chi connectivity index (χ1v) is 8.39. The molecular formula is C17H14F3N3OS. The Morgan fingerprint density at radius 2 is 1.92 bits per heavy atom. The summed E-state index contributed by atoms with van der Waals surface area (Å²) in [5, 5.41) is 7.96. The van der Waals surface area contributed by atoms with Crippen molar-refractivity contribution in [3.8, 4) is 0 Å². The third-order valence-electron chi connectivity index (χ3n) is 3.71. The molecule has 0 spiro atoms. The number of alkyl halides is 3. The van der Waals surface area contributed by atoms with E-state index in [1.807, 2.05) is 26.0 Å². The molecule has 25 heavy (non-hydrogen) atoms. The summed E-state index contributed by atoms with van der Waals surface area (Å²) < 4.78 is 39.8. The lowest BCUT2D eigenvalue weighted by Crippen LogP contribution is -2.07. The summed E-state index contributed by atoms with van der Waals surface area (Å²) in [5.41, 5.74) is 2.04. The zero-order chi connectivity index (χ0) is 18.2. The van der Waals surface area contributed by atoms with Crippen molar-refractivity contribution >= 4 is 23.2 Å². The molecule has 8 heteroatoms. The van der Waals surface area contributed by atoms with Crippen LogP contribution < -0.4 is 0 Å². The first kappa shape index (κ1) is 17.5. The van der Waals surface area contributed by atoms with Crippen LogP contribution in [0.15, 0.2) is 41.7 Å². The molecule has 2 heterocycles. The second-order valence-corrected chi connectivity index (χ2v) is 6.60. The fraction of sp³-hybridized carbons (Fsp3) is 0.235. The third kappa shape index (κ3) is 3.68. The number of aryl methyl sites for hydroxylation is 2. The number of hydrogen-bond acceptors (Lipinski definition) is 4. The highest BCUT2D eigenvalue weighted by Crippen LogP contribution is 2.30. The molecule has 0 radical (unpaired) electrons. The van der Waals surface area contributed by atoms with Crippen LogP contribution in [0.4, 0.5) is 13.2 Å². The molecule has 0 N–H and O–H groups in total. The van der Waals surface area contributed by atoms with Gasteiger partial charge in [0.05, 0.1) is 11.3 Å². The number of aromatic nitrogens is 3. The van der Waals surface area contributed by atoms with Crippen molar-refractivity contribution in [1.82, 2.24) is 14.6 Å². The standard InChI is InChI=1S/C17H14F3N3OS/c1-10-3-5-13(11(2)7-10)14(24)9-25-16-22-21-15-6-4-12(8-23(15)16)17(18,19)20/h3-8H,9H2,1-2H3. The average Bonchev–Trinajstić information content (AvgIpc) is 2.94. The Balaban J connectivity index is 1.82. The number of halogens is 3. The first-order valence-electron chi connectivity index (χ1n) is 7.41. The van der Waals surface area contributed by atoms with Crippen LogP contribution in [0.5, 0.6) is 0 Å². The van der Waals surface area contributed by atoms with Gasteiger partial charge in [-0.25, -0.2) is 0 Å². The molecule has 3 rings (SSSR count). The first-order chi connectivity index (χ1) is 11.8. The largest absolute Gasteiger partial charge is 0.417 e. The number of ketones is 1. The second-order valence-electron chi connectivity index (χ2n) is 5.66. The zero-order valence-electron chi connectivity index (χ0n) is 13.5. The van der Waals surface area contributed by atoms with E-state index in [1.54, 1.807) is 6.07 Å². The normalized spacial score (nSPS) is 11.9. The Bertz CT molecular complexity index is 950. The second kappa shape index (κ2) is 6.51. The van der Waals surface area contributed by atoms with Crippen molar-refractivity contribution in [3.05, 3.63) is 58.8 Å². The number of thioether (sulfide) groups is 1. The molecule has 0 saturated carbocycles. The van der Waals surface area contributed by atoms with Gasteiger partial charge in [0.15, 0.2) is 16.6 Å². The maximum atomic E-state index is 12.9. The van der Waals surface area contributed by atoms with Crippen LogP contribution >= 0.6 is 11.8 Å². The van der Waals surface area contributed by atoms with E-state index < -0.39 is 11.7 Å². The number of benzene rings is 1. The van der Waals surface area contributed by atoms with Crippen LogP contribution in [0.3, 0.4) is 0 Å². The highest BCUT2D eigenvalue weighted by atomic mass is 32.2. The minimum absolute atomic E-state index is 0.0704. The van der Waals surface area contributed by atoms with E-state index in [4.69, 9.17) is 0 Å². The highest BCUT2D eigenvalue weighted by Gasteiger charge is 2.31. The van der Waals surface area contributed by atoms with Crippen LogP contribution in [-0.4, -0.2) is 26.1 Å². The molecule has 0 aliphatic rings. The lowest BCUT2D eigenvalue weighted by Gasteiger charge is -2.08. The topological polar surface area (TPSA) is 47.3 Å². The summed E-state index contributed by atoms with van der Waals surface area (Å²) in [6, 6.07) is 7.75. The Labute approximate surface area is 146 Å². The number of Topliss-reactive ketones (excluding diaryl/α,β-unsaturated/α-hetero) is 1. The summed E-state index contributed by atoms with van der Waals surface area (Å²) in [6.45, 7) is 3.80. The molecule has 2 aromatic heterocycles. The predicted molar refractivity (Wildman–Crippen MR) is 89.0 cm³/mol. The maximum absolute atomic E-state index is 12.9. The SMILES string of the molecule is Cc1ccc(C(=O)CSc2nnc3ccc(C(F)(F)F)cn23)c(C)c1. The van der Waals surface area contributed by atoms with Crippen molar-refractivity contribution in [3.63, 3.8) is 0 Å². The van der Waals surface area contributed by atoms with E-state index in [1.165, 1.54) is 10.5 Å². The summed E-state index contributed by atoms with van der Waals surface area (Å²) in [6.07, 6.45) is -3.51. The van der Waals surface area contributed by atoms with Gasteiger partial charge in [-0.3, -0.25) is 9.20 Å². The predicted octanol–water partition coefficient (Wildman–Crippen LogP) is 4.34. The molecule has 4 nitrogen and oxygen atoms in total. The van der Waals surface area contributed by atoms with Crippen LogP contribution in [0.25, 0.3) is 5.65 Å². The molecule has 0 fully saturated rings. The van der Waals surface area contributed by atoms with Crippen LogP contribution in [-0.2, 0) is 6.18 Å². The molecule has 3 aromatic rings. The third-order valence-corrected chi connectivity index (χ3v) is 4.66. The fourth-order valence-corrected chi connectivity index (χ4v) is 3.27. The summed E-state index contributed by atoms with van der Waals surface area (Å²) in [5.74, 6) is -0.0350. The van der Waals surface area contributed by atoms with Crippen molar-refractivity contribution in [2.45, 2.75) is 25.2 Å². The summed E-state index contributed by atoms with van der Waals surface area (Å²) in [7, 11) is 0. The number of rotatable bonds is 4. The lowest BCUT2D eigenvalue weighted by molar-refractivity contribution is -0.137. The van der Waals surface area contributed by atoms with Gasteiger partial charge in [0.2, 0.25) is 0 Å². The minimum atomic E-state index is -4.45. The van der Waals surface area contributed by atoms with Crippen LogP contribution in [0.1, 0.15) is 27.0 Å². The van der Waals surface area contributed by atoms with E-state index in [9.17, 15) is 18.0 Å². The molecule has 0 bridgehead atoms. The number of carbonyl (C=O) groups is 1. The number of nitrogens with zero attached hydrogens (tertiary/aromatic N) is 3. The molecule has 0 unspecified atom stereocenters. The van der Waals surface area contributed by atoms with Gasteiger partial charge in [-0.15, -0.1) is 10.2 Å². The van der Waals surface area contributed by atoms with Gasteiger partial charge >= 0.3 is 6.18 Å². The van der Waals surface area contributed by atoms with E-state index in [0.717, 1.165) is 35.2 Å².